The number of likely N-dealkylation sites (tertiary alicyclic amines) is 1. The van der Waals surface area contributed by atoms with Gasteiger partial charge in [0.15, 0.2) is 17.2 Å². The quantitative estimate of drug-likeness (QED) is 0.199. The standard InChI is InChI=1S/C31H29F2N3O3S2/c1-20-6-9-24(10-7-20)41(37,38)36-19-27(25-15-22(32)16-28(33)30(25)39-2)26-14-21(17-34-31(26)36)29-11-8-23(40-29)18-35-12-4-3-5-13-35/h6-11,14-17,19H,3-5,12-13,18H2,1-2H3. The van der Waals surface area contributed by atoms with Gasteiger partial charge in [-0.05, 0) is 69.3 Å². The molecule has 10 heteroatoms. The molecule has 1 aliphatic heterocycles. The summed E-state index contributed by atoms with van der Waals surface area (Å²) < 4.78 is 63.2. The Bertz CT molecular complexity index is 1840. The first-order valence-electron chi connectivity index (χ1n) is 13.4. The Morgan fingerprint density at radius 2 is 1.73 bits per heavy atom. The second-order valence-corrected chi connectivity index (χ2v) is 13.3. The maximum absolute atomic E-state index is 14.8. The lowest BCUT2D eigenvalue weighted by Crippen LogP contribution is -2.28. The fourth-order valence-corrected chi connectivity index (χ4v) is 7.72. The molecule has 2 aromatic carbocycles. The maximum Gasteiger partial charge on any atom is 0.269 e. The Balaban J connectivity index is 1.51. The van der Waals surface area contributed by atoms with Gasteiger partial charge in [0.2, 0.25) is 0 Å². The minimum atomic E-state index is -4.08. The van der Waals surface area contributed by atoms with Crippen molar-refractivity contribution < 1.29 is 21.9 Å². The molecule has 0 amide bonds. The van der Waals surface area contributed by atoms with Crippen LogP contribution < -0.4 is 4.74 Å². The van der Waals surface area contributed by atoms with Gasteiger partial charge in [-0.15, -0.1) is 11.3 Å². The van der Waals surface area contributed by atoms with E-state index in [0.717, 1.165) is 51.7 Å². The highest BCUT2D eigenvalue weighted by Gasteiger charge is 2.26. The summed E-state index contributed by atoms with van der Waals surface area (Å²) >= 11 is 1.66. The first-order valence-corrected chi connectivity index (χ1v) is 15.7. The van der Waals surface area contributed by atoms with Crippen LogP contribution in [0.15, 0.2) is 71.9 Å². The molecule has 1 aliphatic rings. The number of nitrogens with zero attached hydrogens (tertiary/aromatic N) is 3. The molecule has 0 radical (unpaired) electrons. The summed E-state index contributed by atoms with van der Waals surface area (Å²) in [4.78, 5) is 9.33. The van der Waals surface area contributed by atoms with Crippen molar-refractivity contribution in [3.8, 4) is 27.3 Å². The smallest absolute Gasteiger partial charge is 0.269 e. The number of hydrogen-bond donors (Lipinski definition) is 0. The summed E-state index contributed by atoms with van der Waals surface area (Å²) in [7, 11) is -2.78. The van der Waals surface area contributed by atoms with Gasteiger partial charge in [-0.3, -0.25) is 4.90 Å². The first kappa shape index (κ1) is 27.6. The predicted octanol–water partition coefficient (Wildman–Crippen LogP) is 7.25. The first-order chi connectivity index (χ1) is 19.7. The SMILES string of the molecule is COc1c(F)cc(F)cc1-c1cn(S(=O)(=O)c2ccc(C)cc2)c2ncc(-c3ccc(CN4CCCCC4)s3)cc12. The van der Waals surface area contributed by atoms with Crippen LogP contribution >= 0.6 is 11.3 Å². The van der Waals surface area contributed by atoms with Crippen LogP contribution in [0.3, 0.4) is 0 Å². The van der Waals surface area contributed by atoms with E-state index in [2.05, 4.69) is 16.0 Å². The highest BCUT2D eigenvalue weighted by Crippen LogP contribution is 2.41. The molecule has 6 rings (SSSR count). The fraction of sp³-hybridized carbons (Fsp3) is 0.258. The molecule has 3 aromatic heterocycles. The third-order valence-electron chi connectivity index (χ3n) is 7.47. The molecule has 0 unspecified atom stereocenters. The van der Waals surface area contributed by atoms with Gasteiger partial charge in [-0.25, -0.2) is 26.2 Å². The van der Waals surface area contributed by atoms with E-state index in [4.69, 9.17) is 4.74 Å². The van der Waals surface area contributed by atoms with Crippen LogP contribution in [0.1, 0.15) is 29.7 Å². The van der Waals surface area contributed by atoms with Crippen molar-refractivity contribution in [3.63, 3.8) is 0 Å². The molecule has 4 heterocycles. The number of rotatable bonds is 7. The van der Waals surface area contributed by atoms with Gasteiger partial charge < -0.3 is 4.74 Å². The highest BCUT2D eigenvalue weighted by atomic mass is 32.2. The lowest BCUT2D eigenvalue weighted by molar-refractivity contribution is 0.222. The van der Waals surface area contributed by atoms with Crippen LogP contribution in [0.2, 0.25) is 0 Å². The van der Waals surface area contributed by atoms with Crippen LogP contribution in [0, 0.1) is 18.6 Å². The molecule has 0 aliphatic carbocycles. The Morgan fingerprint density at radius 3 is 2.46 bits per heavy atom. The summed E-state index contributed by atoms with van der Waals surface area (Å²) in [6, 6.07) is 14.4. The van der Waals surface area contributed by atoms with Crippen LogP contribution in [0.25, 0.3) is 32.6 Å². The average molecular weight is 594 g/mol. The number of hydrogen-bond acceptors (Lipinski definition) is 6. The lowest BCUT2D eigenvalue weighted by atomic mass is 10.0. The monoisotopic (exact) mass is 593 g/mol. The summed E-state index contributed by atoms with van der Waals surface area (Å²) in [6.07, 6.45) is 6.72. The van der Waals surface area contributed by atoms with Crippen LogP contribution in [0.5, 0.6) is 5.75 Å². The molecule has 212 valence electrons. The zero-order chi connectivity index (χ0) is 28.7. The molecule has 0 spiro atoms. The zero-order valence-electron chi connectivity index (χ0n) is 22.7. The van der Waals surface area contributed by atoms with Crippen molar-refractivity contribution in [2.75, 3.05) is 20.2 Å². The van der Waals surface area contributed by atoms with Gasteiger partial charge >= 0.3 is 0 Å². The van der Waals surface area contributed by atoms with E-state index >= 15 is 0 Å². The predicted molar refractivity (Wildman–Crippen MR) is 158 cm³/mol. The molecular formula is C31H29F2N3O3S2. The van der Waals surface area contributed by atoms with E-state index in [-0.39, 0.29) is 21.9 Å². The Morgan fingerprint density at radius 1 is 0.976 bits per heavy atom. The Hall–Kier alpha value is -3.60. The molecule has 0 atom stereocenters. The number of pyridine rings is 1. The third-order valence-corrected chi connectivity index (χ3v) is 10.2. The maximum atomic E-state index is 14.8. The number of aromatic nitrogens is 2. The molecule has 1 fully saturated rings. The van der Waals surface area contributed by atoms with Crippen molar-refractivity contribution >= 4 is 32.4 Å². The minimum Gasteiger partial charge on any atom is -0.493 e. The van der Waals surface area contributed by atoms with E-state index < -0.39 is 21.7 Å². The number of thiophene rings is 1. The van der Waals surface area contributed by atoms with E-state index in [0.29, 0.717) is 10.9 Å². The summed E-state index contributed by atoms with van der Waals surface area (Å²) in [5, 5.41) is 0.437. The van der Waals surface area contributed by atoms with Gasteiger partial charge in [0.25, 0.3) is 10.0 Å². The second-order valence-electron chi connectivity index (χ2n) is 10.3. The number of piperidine rings is 1. The molecule has 0 saturated carbocycles. The molecule has 1 saturated heterocycles. The average Bonchev–Trinajstić information content (AvgIpc) is 3.58. The molecular weight excluding hydrogens is 564 g/mol. The van der Waals surface area contributed by atoms with Gasteiger partial charge in [0.05, 0.1) is 12.0 Å². The Kier molecular flexibility index (Phi) is 7.39. The van der Waals surface area contributed by atoms with Gasteiger partial charge in [-0.1, -0.05) is 24.1 Å². The highest BCUT2D eigenvalue weighted by molar-refractivity contribution is 7.90. The largest absolute Gasteiger partial charge is 0.493 e. The number of halogens is 2. The van der Waals surface area contributed by atoms with E-state index in [9.17, 15) is 17.2 Å². The summed E-state index contributed by atoms with van der Waals surface area (Å²) in [6.45, 7) is 4.95. The number of methoxy groups -OCH3 is 1. The van der Waals surface area contributed by atoms with Crippen LogP contribution in [0.4, 0.5) is 8.78 Å². The van der Waals surface area contributed by atoms with Crippen molar-refractivity contribution in [2.24, 2.45) is 0 Å². The molecule has 41 heavy (non-hydrogen) atoms. The number of fused-ring (bicyclic) bond motifs is 1. The number of aryl methyl sites for hydroxylation is 1. The zero-order valence-corrected chi connectivity index (χ0v) is 24.4. The van der Waals surface area contributed by atoms with E-state index in [1.807, 2.05) is 19.1 Å². The van der Waals surface area contributed by atoms with Crippen LogP contribution in [-0.2, 0) is 16.6 Å². The second kappa shape index (κ2) is 11.0. The molecule has 5 aromatic rings. The van der Waals surface area contributed by atoms with Crippen molar-refractivity contribution in [2.45, 2.75) is 37.6 Å². The third kappa shape index (κ3) is 5.27. The minimum absolute atomic E-state index is 0.0791. The van der Waals surface area contributed by atoms with E-state index in [1.54, 1.807) is 29.7 Å². The normalized spacial score (nSPS) is 14.5. The lowest BCUT2D eigenvalue weighted by Gasteiger charge is -2.25. The van der Waals surface area contributed by atoms with Crippen LogP contribution in [-0.4, -0.2) is 42.5 Å². The number of benzene rings is 2. The fourth-order valence-electron chi connectivity index (χ4n) is 5.36. The Labute approximate surface area is 241 Å². The molecule has 0 bridgehead atoms. The van der Waals surface area contributed by atoms with Crippen molar-refractivity contribution in [3.05, 3.63) is 89.1 Å². The van der Waals surface area contributed by atoms with Gasteiger partial charge in [0.1, 0.15) is 5.82 Å². The van der Waals surface area contributed by atoms with Gasteiger partial charge in [-0.2, -0.15) is 0 Å². The number of ether oxygens (including phenoxy) is 1. The summed E-state index contributed by atoms with van der Waals surface area (Å²) in [5.41, 5.74) is 2.26. The topological polar surface area (TPSA) is 64.4 Å². The molecule has 6 nitrogen and oxygen atoms in total. The summed E-state index contributed by atoms with van der Waals surface area (Å²) in [5.74, 6) is -1.86. The van der Waals surface area contributed by atoms with Gasteiger partial charge in [0, 0.05) is 56.8 Å². The molecule has 0 N–H and O–H groups in total. The van der Waals surface area contributed by atoms with Crippen molar-refractivity contribution in [1.82, 2.24) is 13.9 Å². The van der Waals surface area contributed by atoms with Crippen molar-refractivity contribution in [1.29, 1.82) is 0 Å². The van der Waals surface area contributed by atoms with E-state index in [1.165, 1.54) is 49.6 Å².